The Morgan fingerprint density at radius 3 is 2.69 bits per heavy atom. The maximum Gasteiger partial charge on any atom is 1.00 e. The summed E-state index contributed by atoms with van der Waals surface area (Å²) < 4.78 is 5.50. The van der Waals surface area contributed by atoms with Gasteiger partial charge >= 0.3 is 29.6 Å². The molecule has 0 unspecified atom stereocenters. The molecule has 6 heteroatoms. The van der Waals surface area contributed by atoms with E-state index < -0.39 is 0 Å². The summed E-state index contributed by atoms with van der Waals surface area (Å²) in [5, 5.41) is 16.9. The van der Waals surface area contributed by atoms with Crippen molar-refractivity contribution in [2.24, 2.45) is 10.9 Å². The number of piperidine rings is 1. The van der Waals surface area contributed by atoms with Crippen LogP contribution in [0.2, 0.25) is 0 Å². The monoisotopic (exact) mass is 397 g/mol. The molecule has 0 aliphatic carbocycles. The van der Waals surface area contributed by atoms with Crippen molar-refractivity contribution in [3.63, 3.8) is 0 Å². The molecule has 29 heavy (non-hydrogen) atoms. The molecule has 1 aromatic heterocycles. The maximum absolute atomic E-state index is 11.5. The zero-order chi connectivity index (χ0) is 18.9. The van der Waals surface area contributed by atoms with E-state index in [0.717, 1.165) is 66.3 Å². The van der Waals surface area contributed by atoms with Crippen LogP contribution in [-0.2, 0) is 19.4 Å². The minimum atomic E-state index is -0.0700. The summed E-state index contributed by atoms with van der Waals surface area (Å²) in [6.07, 6.45) is 4.95. The number of benzene rings is 2. The van der Waals surface area contributed by atoms with Crippen LogP contribution in [0.5, 0.6) is 0 Å². The van der Waals surface area contributed by atoms with E-state index in [1.807, 2.05) is 12.1 Å². The number of hydrogen-bond donors (Lipinski definition) is 0. The second kappa shape index (κ2) is 9.00. The Hall–Kier alpha value is -1.66. The molecule has 0 amide bonds. The Balaban J connectivity index is 0.00000205. The van der Waals surface area contributed by atoms with Crippen LogP contribution in [0.3, 0.4) is 0 Å². The van der Waals surface area contributed by atoms with Crippen LogP contribution in [0.25, 0.3) is 11.0 Å². The van der Waals surface area contributed by atoms with E-state index in [1.54, 1.807) is 0 Å². The van der Waals surface area contributed by atoms with Gasteiger partial charge in [-0.2, -0.15) is 0 Å². The van der Waals surface area contributed by atoms with Gasteiger partial charge in [-0.05, 0) is 67.8 Å². The van der Waals surface area contributed by atoms with Crippen LogP contribution in [0.1, 0.15) is 36.1 Å². The predicted molar refractivity (Wildman–Crippen MR) is 108 cm³/mol. The molecule has 5 rings (SSSR count). The van der Waals surface area contributed by atoms with Crippen LogP contribution in [0.15, 0.2) is 52.0 Å². The number of hydrogen-bond acceptors (Lipinski definition) is 5. The van der Waals surface area contributed by atoms with E-state index in [-0.39, 0.29) is 35.5 Å². The molecule has 0 saturated carbocycles. The number of aromatic nitrogens is 1. The van der Waals surface area contributed by atoms with Gasteiger partial charge in [0.05, 0.1) is 11.4 Å². The van der Waals surface area contributed by atoms with Crippen molar-refractivity contribution < 1.29 is 39.2 Å². The van der Waals surface area contributed by atoms with Crippen LogP contribution in [0, 0.1) is 5.92 Å². The average molecular weight is 397 g/mol. The SMILES string of the molecule is [Na+].[O-]C1=Nc2cc3onc(CCC4CCN(Cc5ccccc5)CC4)c3cc2C1. The molecule has 0 spiro atoms. The Morgan fingerprint density at radius 1 is 1.10 bits per heavy atom. The summed E-state index contributed by atoms with van der Waals surface area (Å²) in [7, 11) is 0. The molecule has 1 saturated heterocycles. The van der Waals surface area contributed by atoms with Crippen molar-refractivity contribution in [3.8, 4) is 0 Å². The third-order valence-electron chi connectivity index (χ3n) is 6.08. The molecule has 1 fully saturated rings. The number of fused-ring (bicyclic) bond motifs is 2. The zero-order valence-corrected chi connectivity index (χ0v) is 18.9. The second-order valence-electron chi connectivity index (χ2n) is 8.03. The predicted octanol–water partition coefficient (Wildman–Crippen LogP) is 0.623. The van der Waals surface area contributed by atoms with E-state index in [4.69, 9.17) is 4.52 Å². The van der Waals surface area contributed by atoms with Gasteiger partial charge in [0.2, 0.25) is 0 Å². The van der Waals surface area contributed by atoms with E-state index in [2.05, 4.69) is 45.4 Å². The first-order chi connectivity index (χ1) is 13.7. The molecule has 0 atom stereocenters. The Bertz CT molecular complexity index is 1010. The first kappa shape index (κ1) is 20.6. The van der Waals surface area contributed by atoms with Gasteiger partial charge in [0.25, 0.3) is 0 Å². The smallest absolute Gasteiger partial charge is 0.861 e. The quantitative estimate of drug-likeness (QED) is 0.593. The number of rotatable bonds is 5. The number of nitrogens with zero attached hydrogens (tertiary/aromatic N) is 3. The van der Waals surface area contributed by atoms with Crippen molar-refractivity contribution in [1.82, 2.24) is 10.1 Å². The molecule has 2 aliphatic rings. The first-order valence-corrected chi connectivity index (χ1v) is 10.2. The fourth-order valence-corrected chi connectivity index (χ4v) is 4.45. The summed E-state index contributed by atoms with van der Waals surface area (Å²) in [5.41, 5.74) is 4.89. The molecule has 0 bridgehead atoms. The molecule has 2 aromatic carbocycles. The second-order valence-corrected chi connectivity index (χ2v) is 8.03. The standard InChI is InChI=1S/C23H25N3O2.Na/c27-23-13-18-12-19-20(25-28-22(19)14-21(18)24-23)7-6-16-8-10-26(11-9-16)15-17-4-2-1-3-5-17;/h1-5,12,14,16H,6-11,13,15H2,(H,24,27);/q;+1/p-1. The van der Waals surface area contributed by atoms with E-state index >= 15 is 0 Å². The molecule has 3 aromatic rings. The normalized spacial score (nSPS) is 17.2. The molecule has 0 radical (unpaired) electrons. The third kappa shape index (κ3) is 4.58. The zero-order valence-electron chi connectivity index (χ0n) is 16.9. The van der Waals surface area contributed by atoms with Gasteiger partial charge in [0.15, 0.2) is 5.58 Å². The van der Waals surface area contributed by atoms with Gasteiger partial charge in [-0.3, -0.25) is 9.89 Å². The summed E-state index contributed by atoms with van der Waals surface area (Å²) in [6, 6.07) is 14.6. The molecular formula is C23H24N3NaO2. The maximum atomic E-state index is 11.5. The van der Waals surface area contributed by atoms with Crippen LogP contribution >= 0.6 is 0 Å². The number of likely N-dealkylation sites (tertiary alicyclic amines) is 1. The van der Waals surface area contributed by atoms with Gasteiger partial charge in [0.1, 0.15) is 0 Å². The summed E-state index contributed by atoms with van der Waals surface area (Å²) >= 11 is 0. The van der Waals surface area contributed by atoms with Crippen molar-refractivity contribution in [3.05, 3.63) is 59.3 Å². The van der Waals surface area contributed by atoms with Crippen molar-refractivity contribution in [1.29, 1.82) is 0 Å². The molecule has 0 N–H and O–H groups in total. The molecule has 2 aliphatic heterocycles. The minimum absolute atomic E-state index is 0. The first-order valence-electron chi connectivity index (χ1n) is 10.2. The van der Waals surface area contributed by atoms with E-state index in [0.29, 0.717) is 6.42 Å². The van der Waals surface area contributed by atoms with E-state index in [1.165, 1.54) is 18.4 Å². The molecule has 3 heterocycles. The van der Waals surface area contributed by atoms with Crippen LogP contribution in [-0.4, -0.2) is 29.0 Å². The van der Waals surface area contributed by atoms with Gasteiger partial charge in [-0.1, -0.05) is 35.5 Å². The van der Waals surface area contributed by atoms with E-state index in [9.17, 15) is 5.11 Å². The minimum Gasteiger partial charge on any atom is -0.861 e. The summed E-state index contributed by atoms with van der Waals surface area (Å²) in [6.45, 7) is 3.38. The molecule has 5 nitrogen and oxygen atoms in total. The van der Waals surface area contributed by atoms with Gasteiger partial charge in [-0.25, -0.2) is 0 Å². The van der Waals surface area contributed by atoms with Gasteiger partial charge in [0, 0.05) is 24.4 Å². The average Bonchev–Trinajstić information content (AvgIpc) is 3.27. The topological polar surface area (TPSA) is 64.7 Å². The molecule has 144 valence electrons. The number of aryl methyl sites for hydroxylation is 1. The Morgan fingerprint density at radius 2 is 1.90 bits per heavy atom. The summed E-state index contributed by atoms with van der Waals surface area (Å²) in [4.78, 5) is 6.59. The number of aliphatic imine (C=N–C) groups is 1. The van der Waals surface area contributed by atoms with Crippen LogP contribution < -0.4 is 34.7 Å². The fourth-order valence-electron chi connectivity index (χ4n) is 4.45. The van der Waals surface area contributed by atoms with Crippen molar-refractivity contribution in [2.45, 2.75) is 38.6 Å². The van der Waals surface area contributed by atoms with Gasteiger partial charge < -0.3 is 9.63 Å². The Kier molecular flexibility index (Phi) is 6.40. The fraction of sp³-hybridized carbons (Fsp3) is 0.391. The largest absolute Gasteiger partial charge is 1.00 e. The van der Waals surface area contributed by atoms with Crippen molar-refractivity contribution >= 4 is 22.6 Å². The van der Waals surface area contributed by atoms with Crippen LogP contribution in [0.4, 0.5) is 5.69 Å². The van der Waals surface area contributed by atoms with Gasteiger partial charge in [-0.15, -0.1) is 0 Å². The summed E-state index contributed by atoms with van der Waals surface area (Å²) in [5.74, 6) is 0.671. The Labute approximate surface area is 193 Å². The third-order valence-corrected chi connectivity index (χ3v) is 6.08. The molecular weight excluding hydrogens is 373 g/mol. The van der Waals surface area contributed by atoms with Crippen molar-refractivity contribution in [2.75, 3.05) is 13.1 Å².